The summed E-state index contributed by atoms with van der Waals surface area (Å²) in [6.07, 6.45) is 1.65. The number of rotatable bonds is 12. The first kappa shape index (κ1) is 28.7. The third kappa shape index (κ3) is 8.62. The highest BCUT2D eigenvalue weighted by atomic mass is 79.9. The molecule has 0 fully saturated rings. The molecule has 0 saturated heterocycles. The molecule has 0 bridgehead atoms. The summed E-state index contributed by atoms with van der Waals surface area (Å²) in [6, 6.07) is 18.2. The molecule has 0 heterocycles. The van der Waals surface area contributed by atoms with Crippen LogP contribution in [0.4, 0.5) is 0 Å². The summed E-state index contributed by atoms with van der Waals surface area (Å²) >= 11 is 3.55. The zero-order chi connectivity index (χ0) is 27.5. The van der Waals surface area contributed by atoms with Crippen LogP contribution in [0.2, 0.25) is 0 Å². The predicted molar refractivity (Wildman–Crippen MR) is 151 cm³/mol. The highest BCUT2D eigenvalue weighted by Crippen LogP contribution is 2.37. The van der Waals surface area contributed by atoms with E-state index < -0.39 is 11.9 Å². The van der Waals surface area contributed by atoms with Crippen molar-refractivity contribution in [3.8, 4) is 17.2 Å². The Labute approximate surface area is 231 Å². The van der Waals surface area contributed by atoms with Gasteiger partial charge < -0.3 is 19.5 Å². The first-order valence-corrected chi connectivity index (χ1v) is 13.0. The van der Waals surface area contributed by atoms with Crippen molar-refractivity contribution in [1.82, 2.24) is 10.7 Å². The maximum atomic E-state index is 12.4. The van der Waals surface area contributed by atoms with Gasteiger partial charge in [0.1, 0.15) is 18.4 Å². The van der Waals surface area contributed by atoms with Gasteiger partial charge in [0.25, 0.3) is 5.91 Å². The van der Waals surface area contributed by atoms with Crippen LogP contribution in [0.3, 0.4) is 0 Å². The second-order valence-corrected chi connectivity index (χ2v) is 9.44. The van der Waals surface area contributed by atoms with E-state index in [1.54, 1.807) is 44.4 Å². The summed E-state index contributed by atoms with van der Waals surface area (Å²) in [5.41, 5.74) is 6.20. The minimum absolute atomic E-state index is 0.150. The van der Waals surface area contributed by atoms with Crippen LogP contribution in [0, 0.1) is 6.92 Å². The highest BCUT2D eigenvalue weighted by Gasteiger charge is 2.16. The van der Waals surface area contributed by atoms with Crippen molar-refractivity contribution in [3.05, 3.63) is 87.4 Å². The lowest BCUT2D eigenvalue weighted by Crippen LogP contribution is -2.43. The lowest BCUT2D eigenvalue weighted by atomic mass is 10.1. The molecular weight excluding hydrogens is 550 g/mol. The maximum Gasteiger partial charge on any atom is 0.262 e. The van der Waals surface area contributed by atoms with E-state index >= 15 is 0 Å². The van der Waals surface area contributed by atoms with Crippen LogP contribution in [0.25, 0.3) is 0 Å². The Hall–Kier alpha value is -3.85. The van der Waals surface area contributed by atoms with E-state index in [4.69, 9.17) is 14.2 Å². The summed E-state index contributed by atoms with van der Waals surface area (Å²) in [4.78, 5) is 24.7. The van der Waals surface area contributed by atoms with Crippen molar-refractivity contribution in [2.45, 2.75) is 39.8 Å². The first-order valence-electron chi connectivity index (χ1n) is 12.2. The fourth-order valence-corrected chi connectivity index (χ4v) is 4.03. The van der Waals surface area contributed by atoms with E-state index in [0.29, 0.717) is 40.5 Å². The monoisotopic (exact) mass is 581 g/mol. The van der Waals surface area contributed by atoms with Crippen molar-refractivity contribution in [2.24, 2.45) is 5.10 Å². The van der Waals surface area contributed by atoms with E-state index in [1.807, 2.05) is 44.2 Å². The summed E-state index contributed by atoms with van der Waals surface area (Å²) in [6.45, 7) is 6.38. The number of methoxy groups -OCH3 is 1. The SMILES string of the molecule is CCOc1cc(C=NNC(=O)C(C)NC(=O)Cc2ccc(OC)cc2)cc(Br)c1OCc1ccc(C)cc1. The van der Waals surface area contributed by atoms with Gasteiger partial charge in [0.05, 0.1) is 30.8 Å². The van der Waals surface area contributed by atoms with Gasteiger partial charge in [0.2, 0.25) is 5.91 Å². The number of amides is 2. The molecule has 2 N–H and O–H groups in total. The number of ether oxygens (including phenoxy) is 3. The van der Waals surface area contributed by atoms with Gasteiger partial charge in [-0.3, -0.25) is 9.59 Å². The number of nitrogens with one attached hydrogen (secondary N) is 2. The molecule has 1 atom stereocenters. The lowest BCUT2D eigenvalue weighted by Gasteiger charge is -2.15. The van der Waals surface area contributed by atoms with Crippen molar-refractivity contribution >= 4 is 34.0 Å². The zero-order valence-electron chi connectivity index (χ0n) is 21.9. The number of aryl methyl sites for hydroxylation is 1. The van der Waals surface area contributed by atoms with Gasteiger partial charge in [0, 0.05) is 0 Å². The minimum Gasteiger partial charge on any atom is -0.497 e. The van der Waals surface area contributed by atoms with Gasteiger partial charge >= 0.3 is 0 Å². The van der Waals surface area contributed by atoms with E-state index in [9.17, 15) is 9.59 Å². The molecule has 0 aliphatic heterocycles. The molecular formula is C29H32BrN3O5. The van der Waals surface area contributed by atoms with Gasteiger partial charge in [-0.2, -0.15) is 5.10 Å². The fourth-order valence-electron chi connectivity index (χ4n) is 3.46. The van der Waals surface area contributed by atoms with Crippen LogP contribution < -0.4 is 25.0 Å². The number of hydrogen-bond donors (Lipinski definition) is 2. The van der Waals surface area contributed by atoms with E-state index in [0.717, 1.165) is 11.1 Å². The molecule has 0 aromatic heterocycles. The quantitative estimate of drug-likeness (QED) is 0.233. The molecule has 0 aliphatic carbocycles. The normalized spacial score (nSPS) is 11.6. The summed E-state index contributed by atoms with van der Waals surface area (Å²) in [5.74, 6) is 1.15. The largest absolute Gasteiger partial charge is 0.497 e. The van der Waals surface area contributed by atoms with Crippen molar-refractivity contribution in [3.63, 3.8) is 0 Å². The summed E-state index contributed by atoms with van der Waals surface area (Å²) in [7, 11) is 1.58. The van der Waals surface area contributed by atoms with Crippen molar-refractivity contribution in [2.75, 3.05) is 13.7 Å². The lowest BCUT2D eigenvalue weighted by molar-refractivity contribution is -0.128. The molecule has 1 unspecified atom stereocenters. The van der Waals surface area contributed by atoms with E-state index in [-0.39, 0.29) is 12.3 Å². The van der Waals surface area contributed by atoms with Gasteiger partial charge in [0.15, 0.2) is 11.5 Å². The molecule has 9 heteroatoms. The molecule has 2 amide bonds. The Kier molecular flexibility index (Phi) is 10.7. The van der Waals surface area contributed by atoms with Crippen LogP contribution >= 0.6 is 15.9 Å². The molecule has 3 aromatic rings. The molecule has 0 spiro atoms. The number of nitrogens with zero attached hydrogens (tertiary/aromatic N) is 1. The summed E-state index contributed by atoms with van der Waals surface area (Å²) in [5, 5.41) is 6.72. The predicted octanol–water partition coefficient (Wildman–Crippen LogP) is 4.94. The van der Waals surface area contributed by atoms with Crippen molar-refractivity contribution < 1.29 is 23.8 Å². The standard InChI is InChI=1S/C29H32BrN3O5/c1-5-37-26-15-23(14-25(30)28(26)38-18-22-8-6-19(2)7-9-22)17-31-33-29(35)20(3)32-27(34)16-21-10-12-24(36-4)13-11-21/h6-15,17,20H,5,16,18H2,1-4H3,(H,32,34)(H,33,35). The zero-order valence-corrected chi connectivity index (χ0v) is 23.5. The van der Waals surface area contributed by atoms with Gasteiger partial charge in [-0.1, -0.05) is 42.0 Å². The van der Waals surface area contributed by atoms with Crippen LogP contribution in [0.15, 0.2) is 70.2 Å². The third-order valence-corrected chi connectivity index (χ3v) is 6.11. The Morgan fingerprint density at radius 2 is 1.71 bits per heavy atom. The van der Waals surface area contributed by atoms with Gasteiger partial charge in [-0.25, -0.2) is 5.43 Å². The van der Waals surface area contributed by atoms with Crippen LogP contribution in [0.5, 0.6) is 17.2 Å². The number of carbonyl (C=O) groups is 2. The Bertz CT molecular complexity index is 1260. The number of benzene rings is 3. The molecule has 0 aliphatic rings. The van der Waals surface area contributed by atoms with Crippen LogP contribution in [-0.2, 0) is 22.6 Å². The fraction of sp³-hybridized carbons (Fsp3) is 0.276. The molecule has 3 aromatic carbocycles. The van der Waals surface area contributed by atoms with Gasteiger partial charge in [-0.15, -0.1) is 0 Å². The second kappa shape index (κ2) is 14.2. The van der Waals surface area contributed by atoms with E-state index in [2.05, 4.69) is 31.8 Å². The topological polar surface area (TPSA) is 98.2 Å². The molecule has 200 valence electrons. The first-order chi connectivity index (χ1) is 18.3. The Morgan fingerprint density at radius 3 is 2.37 bits per heavy atom. The average molecular weight is 582 g/mol. The molecule has 38 heavy (non-hydrogen) atoms. The third-order valence-electron chi connectivity index (χ3n) is 5.52. The van der Waals surface area contributed by atoms with Crippen LogP contribution in [0.1, 0.15) is 36.1 Å². The number of carbonyl (C=O) groups excluding carboxylic acids is 2. The average Bonchev–Trinajstić information content (AvgIpc) is 2.89. The number of halogens is 1. The number of hydrogen-bond acceptors (Lipinski definition) is 6. The molecule has 0 saturated carbocycles. The molecule has 0 radical (unpaired) electrons. The van der Waals surface area contributed by atoms with E-state index in [1.165, 1.54) is 11.8 Å². The highest BCUT2D eigenvalue weighted by molar-refractivity contribution is 9.10. The van der Waals surface area contributed by atoms with Crippen LogP contribution in [-0.4, -0.2) is 37.8 Å². The molecule has 3 rings (SSSR count). The maximum absolute atomic E-state index is 12.4. The van der Waals surface area contributed by atoms with Gasteiger partial charge in [-0.05, 0) is 77.7 Å². The second-order valence-electron chi connectivity index (χ2n) is 8.59. The Morgan fingerprint density at radius 1 is 1.03 bits per heavy atom. The number of hydrazone groups is 1. The molecule has 8 nitrogen and oxygen atoms in total. The minimum atomic E-state index is -0.763. The smallest absolute Gasteiger partial charge is 0.262 e. The summed E-state index contributed by atoms with van der Waals surface area (Å²) < 4.78 is 17.6. The Balaban J connectivity index is 1.56. The van der Waals surface area contributed by atoms with Crippen molar-refractivity contribution in [1.29, 1.82) is 0 Å².